The molecule has 112 valence electrons. The van der Waals surface area contributed by atoms with Crippen LogP contribution in [0.4, 0.5) is 0 Å². The van der Waals surface area contributed by atoms with Crippen molar-refractivity contribution in [3.63, 3.8) is 0 Å². The highest BCUT2D eigenvalue weighted by atomic mass is 32.2. The van der Waals surface area contributed by atoms with Crippen LogP contribution in [-0.4, -0.2) is 44.2 Å². The molecule has 1 saturated carbocycles. The van der Waals surface area contributed by atoms with E-state index in [1.165, 1.54) is 6.26 Å². The Hall–Kier alpha value is -0.130. The van der Waals surface area contributed by atoms with Gasteiger partial charge in [0.2, 0.25) is 0 Å². The van der Waals surface area contributed by atoms with Crippen molar-refractivity contribution in [2.24, 2.45) is 5.41 Å². The molecule has 1 N–H and O–H groups in total. The minimum atomic E-state index is -2.89. The summed E-state index contributed by atoms with van der Waals surface area (Å²) in [7, 11) is -2.89. The van der Waals surface area contributed by atoms with E-state index >= 15 is 0 Å². The first-order valence-electron chi connectivity index (χ1n) is 7.05. The summed E-state index contributed by atoms with van der Waals surface area (Å²) >= 11 is 0. The van der Waals surface area contributed by atoms with Gasteiger partial charge in [-0.1, -0.05) is 0 Å². The number of ether oxygens (including phenoxy) is 1. The third kappa shape index (κ3) is 3.92. The van der Waals surface area contributed by atoms with Crippen LogP contribution in [0.15, 0.2) is 0 Å². The van der Waals surface area contributed by atoms with E-state index in [4.69, 9.17) is 4.74 Å². The Balaban J connectivity index is 1.93. The quantitative estimate of drug-likeness (QED) is 0.838. The Kier molecular flexibility index (Phi) is 3.56. The standard InChI is InChI=1S/C14H27NO3S/c1-12(2)8-11(13(3,4)18-12)15-9-14(6-7-14)10-19(5,16)17/h11,15H,6-10H2,1-5H3/t11-/m1/s1. The summed E-state index contributed by atoms with van der Waals surface area (Å²) < 4.78 is 29.0. The Morgan fingerprint density at radius 3 is 2.16 bits per heavy atom. The molecule has 19 heavy (non-hydrogen) atoms. The van der Waals surface area contributed by atoms with Gasteiger partial charge in [0.25, 0.3) is 0 Å². The van der Waals surface area contributed by atoms with Crippen LogP contribution >= 0.6 is 0 Å². The third-order valence-corrected chi connectivity index (χ3v) is 5.46. The van der Waals surface area contributed by atoms with E-state index in [2.05, 4.69) is 33.0 Å². The molecule has 0 radical (unpaired) electrons. The Bertz CT molecular complexity index is 449. The van der Waals surface area contributed by atoms with E-state index in [9.17, 15) is 8.42 Å². The lowest BCUT2D eigenvalue weighted by Gasteiger charge is -2.29. The molecular formula is C14H27NO3S. The first-order chi connectivity index (χ1) is 8.43. The van der Waals surface area contributed by atoms with Gasteiger partial charge < -0.3 is 10.1 Å². The summed E-state index contributed by atoms with van der Waals surface area (Å²) in [5, 5.41) is 3.56. The van der Waals surface area contributed by atoms with Crippen LogP contribution in [0.3, 0.4) is 0 Å². The Morgan fingerprint density at radius 2 is 1.79 bits per heavy atom. The monoisotopic (exact) mass is 289 g/mol. The molecule has 0 amide bonds. The van der Waals surface area contributed by atoms with Crippen molar-refractivity contribution in [1.29, 1.82) is 0 Å². The molecule has 0 aromatic heterocycles. The zero-order chi connectivity index (χ0) is 14.5. The first-order valence-corrected chi connectivity index (χ1v) is 9.11. The van der Waals surface area contributed by atoms with Crippen molar-refractivity contribution in [2.75, 3.05) is 18.6 Å². The molecule has 1 aliphatic heterocycles. The molecule has 0 bridgehead atoms. The van der Waals surface area contributed by atoms with E-state index in [0.717, 1.165) is 25.8 Å². The predicted molar refractivity (Wildman–Crippen MR) is 77.0 cm³/mol. The number of hydrogen-bond acceptors (Lipinski definition) is 4. The van der Waals surface area contributed by atoms with Crippen LogP contribution in [0.25, 0.3) is 0 Å². The highest BCUT2D eigenvalue weighted by Crippen LogP contribution is 2.47. The Labute approximate surface area is 117 Å². The van der Waals surface area contributed by atoms with Crippen LogP contribution in [0.5, 0.6) is 0 Å². The smallest absolute Gasteiger partial charge is 0.148 e. The molecule has 1 saturated heterocycles. The maximum absolute atomic E-state index is 11.5. The van der Waals surface area contributed by atoms with E-state index in [0.29, 0.717) is 11.8 Å². The molecule has 2 aliphatic rings. The summed E-state index contributed by atoms with van der Waals surface area (Å²) in [5.41, 5.74) is -0.310. The van der Waals surface area contributed by atoms with Crippen LogP contribution in [-0.2, 0) is 14.6 Å². The molecule has 0 aromatic carbocycles. The average Bonchev–Trinajstić information content (AvgIpc) is 2.82. The van der Waals surface area contributed by atoms with Gasteiger partial charge in [-0.3, -0.25) is 0 Å². The summed E-state index contributed by atoms with van der Waals surface area (Å²) in [4.78, 5) is 0. The lowest BCUT2D eigenvalue weighted by molar-refractivity contribution is -0.0699. The number of hydrogen-bond donors (Lipinski definition) is 1. The summed E-state index contributed by atoms with van der Waals surface area (Å²) in [6.45, 7) is 9.22. The number of nitrogens with one attached hydrogen (secondary N) is 1. The molecule has 4 nitrogen and oxygen atoms in total. The normalized spacial score (nSPS) is 31.3. The van der Waals surface area contributed by atoms with Crippen LogP contribution in [0.1, 0.15) is 47.0 Å². The highest BCUT2D eigenvalue weighted by molar-refractivity contribution is 7.90. The van der Waals surface area contributed by atoms with E-state index < -0.39 is 9.84 Å². The summed E-state index contributed by atoms with van der Waals surface area (Å²) in [5.74, 6) is 0.310. The molecule has 1 aliphatic carbocycles. The second kappa shape index (κ2) is 4.43. The van der Waals surface area contributed by atoms with Gasteiger partial charge in [0.05, 0.1) is 17.0 Å². The first kappa shape index (κ1) is 15.3. The van der Waals surface area contributed by atoms with Gasteiger partial charge in [-0.05, 0) is 52.4 Å². The molecule has 2 rings (SSSR count). The summed E-state index contributed by atoms with van der Waals surface area (Å²) in [6.07, 6.45) is 4.34. The van der Waals surface area contributed by atoms with Gasteiger partial charge in [0, 0.05) is 18.8 Å². The van der Waals surface area contributed by atoms with Gasteiger partial charge in [-0.25, -0.2) is 8.42 Å². The molecule has 0 aromatic rings. The molecular weight excluding hydrogens is 262 g/mol. The topological polar surface area (TPSA) is 55.4 Å². The van der Waals surface area contributed by atoms with E-state index in [-0.39, 0.29) is 16.6 Å². The van der Waals surface area contributed by atoms with Crippen molar-refractivity contribution in [1.82, 2.24) is 5.32 Å². The van der Waals surface area contributed by atoms with Gasteiger partial charge in [-0.2, -0.15) is 0 Å². The molecule has 5 heteroatoms. The van der Waals surface area contributed by atoms with E-state index in [1.54, 1.807) is 0 Å². The predicted octanol–water partition coefficient (Wildman–Crippen LogP) is 1.75. The maximum atomic E-state index is 11.5. The van der Waals surface area contributed by atoms with Crippen molar-refractivity contribution < 1.29 is 13.2 Å². The van der Waals surface area contributed by atoms with E-state index in [1.807, 2.05) is 0 Å². The SMILES string of the molecule is CC1(C)C[C@@H](NCC2(CS(C)(=O)=O)CC2)C(C)(C)O1. The zero-order valence-corrected chi connectivity index (χ0v) is 13.6. The minimum Gasteiger partial charge on any atom is -0.368 e. The molecule has 0 unspecified atom stereocenters. The fourth-order valence-electron chi connectivity index (χ4n) is 3.33. The van der Waals surface area contributed by atoms with Gasteiger partial charge in [-0.15, -0.1) is 0 Å². The maximum Gasteiger partial charge on any atom is 0.148 e. The molecule has 2 fully saturated rings. The van der Waals surface area contributed by atoms with Crippen molar-refractivity contribution in [3.05, 3.63) is 0 Å². The van der Waals surface area contributed by atoms with Crippen molar-refractivity contribution in [2.45, 2.75) is 64.2 Å². The fourth-order valence-corrected chi connectivity index (χ4v) is 4.83. The van der Waals surface area contributed by atoms with Gasteiger partial charge >= 0.3 is 0 Å². The number of sulfone groups is 1. The zero-order valence-electron chi connectivity index (χ0n) is 12.7. The summed E-state index contributed by atoms with van der Waals surface area (Å²) in [6, 6.07) is 0.291. The highest BCUT2D eigenvalue weighted by Gasteiger charge is 2.49. The Morgan fingerprint density at radius 1 is 1.21 bits per heavy atom. The van der Waals surface area contributed by atoms with Crippen molar-refractivity contribution in [3.8, 4) is 0 Å². The average molecular weight is 289 g/mol. The molecule has 1 heterocycles. The second-order valence-electron chi connectivity index (χ2n) is 7.67. The molecule has 1 atom stereocenters. The minimum absolute atomic E-state index is 0.0175. The number of rotatable bonds is 5. The molecule has 0 spiro atoms. The third-order valence-electron chi connectivity index (χ3n) is 4.32. The van der Waals surface area contributed by atoms with Crippen molar-refractivity contribution >= 4 is 9.84 Å². The lowest BCUT2D eigenvalue weighted by atomic mass is 9.94. The van der Waals surface area contributed by atoms with Crippen LogP contribution in [0.2, 0.25) is 0 Å². The lowest BCUT2D eigenvalue weighted by Crippen LogP contribution is -2.46. The van der Waals surface area contributed by atoms with Crippen LogP contribution in [0, 0.1) is 5.41 Å². The van der Waals surface area contributed by atoms with Gasteiger partial charge in [0.1, 0.15) is 9.84 Å². The van der Waals surface area contributed by atoms with Crippen LogP contribution < -0.4 is 5.32 Å². The second-order valence-corrected chi connectivity index (χ2v) is 9.81. The fraction of sp³-hybridized carbons (Fsp3) is 1.00. The van der Waals surface area contributed by atoms with Gasteiger partial charge in [0.15, 0.2) is 0 Å². The largest absolute Gasteiger partial charge is 0.368 e.